The molecule has 0 spiro atoms. The van der Waals surface area contributed by atoms with E-state index in [2.05, 4.69) is 20.6 Å². The van der Waals surface area contributed by atoms with Gasteiger partial charge in [0, 0.05) is 30.7 Å². The summed E-state index contributed by atoms with van der Waals surface area (Å²) in [7, 11) is 0. The van der Waals surface area contributed by atoms with Gasteiger partial charge in [-0.05, 0) is 23.1 Å². The standard InChI is InChI=1S/C17H13N5O2S/c23-17(13-9-14(24-21-13)15-4-2-8-25-15)19-16-5-7-22(20-16)11-12-3-1-6-18-10-12/h1-10H,11H2,(H,19,20,23). The van der Waals surface area contributed by atoms with Crippen molar-refractivity contribution in [2.45, 2.75) is 6.54 Å². The van der Waals surface area contributed by atoms with Gasteiger partial charge >= 0.3 is 0 Å². The summed E-state index contributed by atoms with van der Waals surface area (Å²) in [5.41, 5.74) is 1.24. The number of pyridine rings is 1. The molecule has 0 aliphatic carbocycles. The van der Waals surface area contributed by atoms with Crippen LogP contribution in [0.15, 0.2) is 64.9 Å². The van der Waals surface area contributed by atoms with Crippen LogP contribution >= 0.6 is 11.3 Å². The van der Waals surface area contributed by atoms with E-state index < -0.39 is 0 Å². The Bertz CT molecular complexity index is 976. The Kier molecular flexibility index (Phi) is 4.09. The van der Waals surface area contributed by atoms with Crippen molar-refractivity contribution in [1.82, 2.24) is 19.9 Å². The molecule has 0 fully saturated rings. The largest absolute Gasteiger partial charge is 0.355 e. The number of aromatic nitrogens is 4. The Labute approximate surface area is 146 Å². The van der Waals surface area contributed by atoms with E-state index in [1.165, 1.54) is 11.3 Å². The molecule has 7 nitrogen and oxygen atoms in total. The molecule has 0 saturated carbocycles. The summed E-state index contributed by atoms with van der Waals surface area (Å²) in [4.78, 5) is 17.3. The lowest BCUT2D eigenvalue weighted by Crippen LogP contribution is -2.13. The fraction of sp³-hybridized carbons (Fsp3) is 0.0588. The molecule has 124 valence electrons. The number of hydrogen-bond acceptors (Lipinski definition) is 6. The topological polar surface area (TPSA) is 85.8 Å². The maximum Gasteiger partial charge on any atom is 0.279 e. The highest BCUT2D eigenvalue weighted by Gasteiger charge is 2.15. The molecule has 4 rings (SSSR count). The van der Waals surface area contributed by atoms with Crippen LogP contribution in [-0.2, 0) is 6.54 Å². The van der Waals surface area contributed by atoms with E-state index in [0.29, 0.717) is 18.1 Å². The van der Waals surface area contributed by atoms with Crippen LogP contribution < -0.4 is 5.32 Å². The third kappa shape index (κ3) is 3.48. The number of carbonyl (C=O) groups is 1. The molecule has 4 aromatic rings. The molecule has 4 aromatic heterocycles. The Morgan fingerprint density at radius 1 is 1.28 bits per heavy atom. The zero-order valence-electron chi connectivity index (χ0n) is 13.0. The number of rotatable bonds is 5. The monoisotopic (exact) mass is 351 g/mol. The van der Waals surface area contributed by atoms with Crippen LogP contribution in [0, 0.1) is 0 Å². The van der Waals surface area contributed by atoms with Crippen molar-refractivity contribution >= 4 is 23.1 Å². The first kappa shape index (κ1) is 15.3. The minimum atomic E-state index is -0.363. The van der Waals surface area contributed by atoms with Gasteiger partial charge in [-0.25, -0.2) is 0 Å². The molecule has 0 radical (unpaired) electrons. The Morgan fingerprint density at radius 3 is 3.04 bits per heavy atom. The highest BCUT2D eigenvalue weighted by molar-refractivity contribution is 7.13. The number of anilines is 1. The molecule has 0 aliphatic heterocycles. The van der Waals surface area contributed by atoms with Gasteiger partial charge in [-0.1, -0.05) is 17.3 Å². The van der Waals surface area contributed by atoms with Crippen molar-refractivity contribution in [1.29, 1.82) is 0 Å². The molecule has 1 amide bonds. The van der Waals surface area contributed by atoms with Gasteiger partial charge in [0.1, 0.15) is 0 Å². The summed E-state index contributed by atoms with van der Waals surface area (Å²) >= 11 is 1.52. The summed E-state index contributed by atoms with van der Waals surface area (Å²) in [6.07, 6.45) is 5.30. The van der Waals surface area contributed by atoms with E-state index in [9.17, 15) is 4.79 Å². The van der Waals surface area contributed by atoms with E-state index in [4.69, 9.17) is 4.52 Å². The second-order valence-corrected chi connectivity index (χ2v) is 6.22. The lowest BCUT2D eigenvalue weighted by atomic mass is 10.3. The first-order valence-electron chi connectivity index (χ1n) is 7.52. The first-order chi connectivity index (χ1) is 12.3. The molecular weight excluding hydrogens is 338 g/mol. The van der Waals surface area contributed by atoms with Crippen molar-refractivity contribution in [3.63, 3.8) is 0 Å². The summed E-state index contributed by atoms with van der Waals surface area (Å²) in [6.45, 7) is 0.580. The highest BCUT2D eigenvalue weighted by atomic mass is 32.1. The average molecular weight is 351 g/mol. The molecule has 25 heavy (non-hydrogen) atoms. The number of hydrogen-bond donors (Lipinski definition) is 1. The van der Waals surface area contributed by atoms with Crippen molar-refractivity contribution in [3.8, 4) is 10.6 Å². The number of nitrogens with zero attached hydrogens (tertiary/aromatic N) is 4. The lowest BCUT2D eigenvalue weighted by Gasteiger charge is -2.01. The van der Waals surface area contributed by atoms with Gasteiger partial charge in [0.15, 0.2) is 17.3 Å². The van der Waals surface area contributed by atoms with E-state index in [1.807, 2.05) is 29.6 Å². The molecule has 4 heterocycles. The Hall–Kier alpha value is -3.26. The number of thiophene rings is 1. The molecule has 0 unspecified atom stereocenters. The third-order valence-electron chi connectivity index (χ3n) is 3.46. The van der Waals surface area contributed by atoms with Gasteiger partial charge in [-0.3, -0.25) is 14.5 Å². The summed E-state index contributed by atoms with van der Waals surface area (Å²) in [5, 5.41) is 12.8. The Balaban J connectivity index is 1.43. The fourth-order valence-electron chi connectivity index (χ4n) is 2.29. The third-order valence-corrected chi connectivity index (χ3v) is 4.34. The van der Waals surface area contributed by atoms with Gasteiger partial charge in [0.25, 0.3) is 5.91 Å². The number of amides is 1. The molecule has 8 heteroatoms. The quantitative estimate of drug-likeness (QED) is 0.596. The fourth-order valence-corrected chi connectivity index (χ4v) is 2.97. The second-order valence-electron chi connectivity index (χ2n) is 5.27. The van der Waals surface area contributed by atoms with Crippen molar-refractivity contribution in [3.05, 3.63) is 71.6 Å². The predicted octanol–water partition coefficient (Wildman–Crippen LogP) is 3.30. The average Bonchev–Trinajstić information content (AvgIpc) is 3.37. The van der Waals surface area contributed by atoms with Gasteiger partial charge in [0.05, 0.1) is 11.4 Å². The zero-order chi connectivity index (χ0) is 17.1. The zero-order valence-corrected chi connectivity index (χ0v) is 13.8. The van der Waals surface area contributed by atoms with Crippen molar-refractivity contribution < 1.29 is 9.32 Å². The SMILES string of the molecule is O=C(Nc1ccn(Cc2cccnc2)n1)c1cc(-c2cccs2)on1. The molecule has 0 aliphatic rings. The van der Waals surface area contributed by atoms with Crippen LogP contribution in [0.4, 0.5) is 5.82 Å². The van der Waals surface area contributed by atoms with E-state index in [0.717, 1.165) is 10.4 Å². The van der Waals surface area contributed by atoms with Gasteiger partial charge in [-0.15, -0.1) is 11.3 Å². The van der Waals surface area contributed by atoms with Crippen molar-refractivity contribution in [2.24, 2.45) is 0 Å². The van der Waals surface area contributed by atoms with E-state index >= 15 is 0 Å². The molecule has 1 N–H and O–H groups in total. The second kappa shape index (κ2) is 6.70. The van der Waals surface area contributed by atoms with E-state index in [-0.39, 0.29) is 11.6 Å². The molecule has 0 saturated heterocycles. The number of carbonyl (C=O) groups excluding carboxylic acids is 1. The van der Waals surface area contributed by atoms with Crippen LogP contribution in [0.25, 0.3) is 10.6 Å². The lowest BCUT2D eigenvalue weighted by molar-refractivity contribution is 0.101. The van der Waals surface area contributed by atoms with Gasteiger partial charge < -0.3 is 9.84 Å². The highest BCUT2D eigenvalue weighted by Crippen LogP contribution is 2.25. The van der Waals surface area contributed by atoms with E-state index in [1.54, 1.807) is 35.4 Å². The van der Waals surface area contributed by atoms with Crippen LogP contribution in [0.1, 0.15) is 16.1 Å². The minimum absolute atomic E-state index is 0.213. The summed E-state index contributed by atoms with van der Waals surface area (Å²) in [6, 6.07) is 11.0. The predicted molar refractivity (Wildman–Crippen MR) is 93.3 cm³/mol. The first-order valence-corrected chi connectivity index (χ1v) is 8.40. The molecular formula is C17H13N5O2S. The van der Waals surface area contributed by atoms with Gasteiger partial charge in [-0.2, -0.15) is 5.10 Å². The van der Waals surface area contributed by atoms with Crippen LogP contribution in [-0.4, -0.2) is 25.8 Å². The van der Waals surface area contributed by atoms with Crippen LogP contribution in [0.2, 0.25) is 0 Å². The number of nitrogens with one attached hydrogen (secondary N) is 1. The van der Waals surface area contributed by atoms with Crippen LogP contribution in [0.5, 0.6) is 0 Å². The van der Waals surface area contributed by atoms with Gasteiger partial charge in [0.2, 0.25) is 0 Å². The van der Waals surface area contributed by atoms with Crippen LogP contribution in [0.3, 0.4) is 0 Å². The Morgan fingerprint density at radius 2 is 2.24 bits per heavy atom. The molecule has 0 bridgehead atoms. The molecule has 0 atom stereocenters. The summed E-state index contributed by atoms with van der Waals surface area (Å²) in [5.74, 6) is 0.662. The molecule has 0 aromatic carbocycles. The normalized spacial score (nSPS) is 10.7. The maximum atomic E-state index is 12.3. The van der Waals surface area contributed by atoms with Crippen molar-refractivity contribution in [2.75, 3.05) is 5.32 Å². The maximum absolute atomic E-state index is 12.3. The minimum Gasteiger partial charge on any atom is -0.355 e. The summed E-state index contributed by atoms with van der Waals surface area (Å²) < 4.78 is 6.95. The smallest absolute Gasteiger partial charge is 0.279 e.